The molecule has 1 fully saturated rings. The molecule has 0 radical (unpaired) electrons. The van der Waals surface area contributed by atoms with Crippen LogP contribution in [0.25, 0.3) is 10.8 Å². The molecule has 0 bridgehead atoms. The van der Waals surface area contributed by atoms with E-state index in [4.69, 9.17) is 14.2 Å². The molecule has 50 heavy (non-hydrogen) atoms. The molecule has 0 saturated carbocycles. The van der Waals surface area contributed by atoms with Gasteiger partial charge in [-0.25, -0.2) is 0 Å². The summed E-state index contributed by atoms with van der Waals surface area (Å²) in [7, 11) is 0. The Morgan fingerprint density at radius 1 is 0.840 bits per heavy atom. The number of carbonyl (C=O) groups is 3. The fourth-order valence-corrected chi connectivity index (χ4v) is 6.22. The lowest BCUT2D eigenvalue weighted by Gasteiger charge is -2.44. The van der Waals surface area contributed by atoms with Gasteiger partial charge >= 0.3 is 5.97 Å². The average Bonchev–Trinajstić information content (AvgIpc) is 3.09. The lowest BCUT2D eigenvalue weighted by molar-refractivity contribution is -0.304. The van der Waals surface area contributed by atoms with Gasteiger partial charge in [-0.2, -0.15) is 0 Å². The van der Waals surface area contributed by atoms with Gasteiger partial charge in [-0.1, -0.05) is 121 Å². The largest absolute Gasteiger partial charge is 0.463 e. The maximum atomic E-state index is 13.0. The van der Waals surface area contributed by atoms with Gasteiger partial charge < -0.3 is 24.8 Å². The number of nitrogens with one attached hydrogen (secondary N) is 2. The van der Waals surface area contributed by atoms with Crippen molar-refractivity contribution in [3.8, 4) is 0 Å². The number of rotatable bonds is 23. The van der Waals surface area contributed by atoms with Crippen molar-refractivity contribution in [3.63, 3.8) is 0 Å². The number of fused-ring (bicyclic) bond motifs is 1. The quantitative estimate of drug-likeness (QED) is 0.0684. The maximum absolute atomic E-state index is 13.0. The van der Waals surface area contributed by atoms with Crippen molar-refractivity contribution < 1.29 is 28.6 Å². The summed E-state index contributed by atoms with van der Waals surface area (Å²) in [6.45, 7) is 10.2. The van der Waals surface area contributed by atoms with Crippen LogP contribution in [-0.2, 0) is 28.6 Å². The smallest absolute Gasteiger partial charge is 0.307 e. The summed E-state index contributed by atoms with van der Waals surface area (Å²) in [5, 5.41) is 8.08. The molecule has 1 aliphatic rings. The highest BCUT2D eigenvalue weighted by Gasteiger charge is 2.45. The fourth-order valence-electron chi connectivity index (χ4n) is 6.22. The Labute approximate surface area is 301 Å². The fraction of sp³-hybridized carbons (Fsp3) is 0.643. The van der Waals surface area contributed by atoms with Crippen molar-refractivity contribution in [2.24, 2.45) is 5.41 Å². The van der Waals surface area contributed by atoms with Crippen LogP contribution in [0.2, 0.25) is 0 Å². The molecular formula is C42H64N2O6. The number of carbonyl (C=O) groups excluding carboxylic acids is 3. The van der Waals surface area contributed by atoms with Crippen LogP contribution in [0.5, 0.6) is 0 Å². The van der Waals surface area contributed by atoms with Gasteiger partial charge in [0.2, 0.25) is 11.8 Å². The third-order valence-electron chi connectivity index (χ3n) is 9.36. The molecule has 8 nitrogen and oxygen atoms in total. The van der Waals surface area contributed by atoms with Crippen molar-refractivity contribution in [1.29, 1.82) is 0 Å². The Kier molecular flexibility index (Phi) is 18.0. The number of unbranched alkanes of at least 4 members (excludes halogenated alkanes) is 11. The van der Waals surface area contributed by atoms with Gasteiger partial charge in [-0.15, -0.1) is 0 Å². The molecule has 2 amide bonds. The van der Waals surface area contributed by atoms with Gasteiger partial charge in [0.25, 0.3) is 0 Å². The van der Waals surface area contributed by atoms with Crippen LogP contribution in [0.3, 0.4) is 0 Å². The third-order valence-corrected chi connectivity index (χ3v) is 9.36. The minimum absolute atomic E-state index is 0.00604. The summed E-state index contributed by atoms with van der Waals surface area (Å²) in [6, 6.07) is 13.6. The van der Waals surface area contributed by atoms with Crippen molar-refractivity contribution in [3.05, 3.63) is 60.2 Å². The highest BCUT2D eigenvalue weighted by Crippen LogP contribution is 2.35. The number of hydrogen-bond acceptors (Lipinski definition) is 6. The van der Waals surface area contributed by atoms with Crippen molar-refractivity contribution >= 4 is 28.6 Å². The second kappa shape index (κ2) is 21.9. The van der Waals surface area contributed by atoms with Gasteiger partial charge in [0.05, 0.1) is 19.1 Å². The Bertz CT molecular complexity index is 1350. The number of allylic oxidation sites excluding steroid dienone is 2. The molecule has 2 unspecified atom stereocenters. The highest BCUT2D eigenvalue weighted by atomic mass is 16.7. The van der Waals surface area contributed by atoms with Crippen molar-refractivity contribution in [2.45, 2.75) is 149 Å². The third kappa shape index (κ3) is 15.3. The molecule has 3 rings (SSSR count). The lowest BCUT2D eigenvalue weighted by atomic mass is 9.85. The molecule has 1 saturated heterocycles. The van der Waals surface area contributed by atoms with E-state index in [1.165, 1.54) is 57.8 Å². The SMILES string of the molecule is CCCCCCCC/C=C\CCCCCCCC(=O)NC(COC(=O)CCNC(=O)C1OC(C)(C)OCC1(C)C)c1ccc2ccccc2c1. The normalized spacial score (nSPS) is 17.4. The van der Waals surface area contributed by atoms with E-state index in [9.17, 15) is 14.4 Å². The van der Waals surface area contributed by atoms with E-state index in [-0.39, 0.29) is 31.4 Å². The lowest BCUT2D eigenvalue weighted by Crippen LogP contribution is -2.56. The van der Waals surface area contributed by atoms with E-state index in [0.717, 1.165) is 42.0 Å². The second-order valence-corrected chi connectivity index (χ2v) is 15.0. The van der Waals surface area contributed by atoms with Crippen LogP contribution in [0.15, 0.2) is 54.6 Å². The van der Waals surface area contributed by atoms with E-state index in [1.807, 2.05) is 56.3 Å². The molecule has 1 aliphatic heterocycles. The van der Waals surface area contributed by atoms with Crippen LogP contribution < -0.4 is 10.6 Å². The van der Waals surface area contributed by atoms with Gasteiger partial charge in [-0.3, -0.25) is 14.4 Å². The molecule has 1 heterocycles. The van der Waals surface area contributed by atoms with Crippen LogP contribution in [0, 0.1) is 5.41 Å². The summed E-state index contributed by atoms with van der Waals surface area (Å²) in [5.74, 6) is -1.64. The zero-order chi connectivity index (χ0) is 36.2. The topological polar surface area (TPSA) is 103 Å². The van der Waals surface area contributed by atoms with Crippen molar-refractivity contribution in [2.75, 3.05) is 19.8 Å². The van der Waals surface area contributed by atoms with Crippen molar-refractivity contribution in [1.82, 2.24) is 10.6 Å². The minimum atomic E-state index is -0.858. The van der Waals surface area contributed by atoms with Gasteiger partial charge in [0.15, 0.2) is 5.79 Å². The predicted octanol–water partition coefficient (Wildman–Crippen LogP) is 9.26. The summed E-state index contributed by atoms with van der Waals surface area (Å²) >= 11 is 0. The number of esters is 1. The minimum Gasteiger partial charge on any atom is -0.463 e. The Morgan fingerprint density at radius 2 is 1.48 bits per heavy atom. The monoisotopic (exact) mass is 692 g/mol. The standard InChI is InChI=1S/C42H64N2O6/c1-6-7-8-9-10-11-12-13-14-15-16-17-18-19-20-25-37(45)44-36(35-27-26-33-23-21-22-24-34(33)30-35)31-48-38(46)28-29-43-40(47)39-41(2,3)32-49-42(4,5)50-39/h13-14,21-24,26-27,30,36,39H,6-12,15-20,25,28-29,31-32H2,1-5H3,(H,43,47)(H,44,45)/b14-13-. The van der Waals surface area contributed by atoms with Gasteiger partial charge in [0, 0.05) is 18.4 Å². The van der Waals surface area contributed by atoms with Crippen LogP contribution in [0.1, 0.15) is 143 Å². The van der Waals surface area contributed by atoms with E-state index in [0.29, 0.717) is 13.0 Å². The first-order valence-corrected chi connectivity index (χ1v) is 19.2. The van der Waals surface area contributed by atoms with Crippen LogP contribution in [0.4, 0.5) is 0 Å². The summed E-state index contributed by atoms with van der Waals surface area (Å²) < 4.78 is 17.2. The maximum Gasteiger partial charge on any atom is 0.307 e. The van der Waals surface area contributed by atoms with E-state index >= 15 is 0 Å². The summed E-state index contributed by atoms with van der Waals surface area (Å²) in [5.41, 5.74) is 0.374. The molecule has 8 heteroatoms. The molecule has 2 N–H and O–H groups in total. The number of amides is 2. The highest BCUT2D eigenvalue weighted by molar-refractivity contribution is 5.84. The van der Waals surface area contributed by atoms with Gasteiger partial charge in [0.1, 0.15) is 12.7 Å². The van der Waals surface area contributed by atoms with E-state index in [2.05, 4.69) is 29.7 Å². The predicted molar refractivity (Wildman–Crippen MR) is 202 cm³/mol. The number of ether oxygens (including phenoxy) is 3. The molecule has 0 aliphatic carbocycles. The van der Waals surface area contributed by atoms with Crippen LogP contribution in [-0.4, -0.2) is 49.4 Å². The zero-order valence-electron chi connectivity index (χ0n) is 31.5. The molecule has 0 aromatic heterocycles. The molecule has 278 valence electrons. The summed E-state index contributed by atoms with van der Waals surface area (Å²) in [6.07, 6.45) is 20.1. The zero-order valence-corrected chi connectivity index (χ0v) is 31.5. The number of benzene rings is 2. The second-order valence-electron chi connectivity index (χ2n) is 15.0. The van der Waals surface area contributed by atoms with E-state index in [1.54, 1.807) is 13.8 Å². The molecule has 2 aromatic carbocycles. The first-order chi connectivity index (χ1) is 24.0. The Morgan fingerprint density at radius 3 is 2.18 bits per heavy atom. The Hall–Kier alpha value is -3.23. The van der Waals surface area contributed by atoms with E-state index < -0.39 is 29.3 Å². The molecule has 2 aromatic rings. The first-order valence-electron chi connectivity index (χ1n) is 19.2. The average molecular weight is 693 g/mol. The van der Waals surface area contributed by atoms with Gasteiger partial charge in [-0.05, 0) is 68.4 Å². The molecular weight excluding hydrogens is 628 g/mol. The summed E-state index contributed by atoms with van der Waals surface area (Å²) in [4.78, 5) is 38.7. The Balaban J connectivity index is 1.39. The molecule has 0 spiro atoms. The number of hydrogen-bond donors (Lipinski definition) is 2. The molecule has 2 atom stereocenters. The van der Waals surface area contributed by atoms with Crippen LogP contribution >= 0.6 is 0 Å². The first kappa shape index (κ1) is 41.2.